The molecule has 1 aromatic carbocycles. The van der Waals surface area contributed by atoms with Gasteiger partial charge in [-0.1, -0.05) is 13.0 Å². The molecule has 0 radical (unpaired) electrons. The summed E-state index contributed by atoms with van der Waals surface area (Å²) in [5, 5.41) is 3.56. The maximum Gasteiger partial charge on any atom is 0.161 e. The normalized spacial score (nSPS) is 22.8. The molecule has 3 rings (SSSR count). The van der Waals surface area contributed by atoms with Crippen LogP contribution in [0.4, 0.5) is 0 Å². The largest absolute Gasteiger partial charge is 0.486 e. The summed E-state index contributed by atoms with van der Waals surface area (Å²) in [6, 6.07) is 6.23. The highest BCUT2D eigenvalue weighted by Crippen LogP contribution is 2.34. The highest BCUT2D eigenvalue weighted by molar-refractivity contribution is 5.45. The van der Waals surface area contributed by atoms with E-state index in [0.29, 0.717) is 33.0 Å². The molecule has 5 heteroatoms. The molecule has 0 amide bonds. The molecule has 2 atom stereocenters. The van der Waals surface area contributed by atoms with E-state index in [1.807, 2.05) is 6.07 Å². The van der Waals surface area contributed by atoms with Gasteiger partial charge in [-0.25, -0.2) is 0 Å². The molecule has 0 saturated carbocycles. The minimum atomic E-state index is 0.0351. The molecule has 21 heavy (non-hydrogen) atoms. The lowest BCUT2D eigenvalue weighted by Gasteiger charge is -2.32. The number of hydrogen-bond donors (Lipinski definition) is 1. The van der Waals surface area contributed by atoms with Crippen molar-refractivity contribution in [2.75, 3.05) is 39.6 Å². The van der Waals surface area contributed by atoms with Gasteiger partial charge in [0.25, 0.3) is 0 Å². The zero-order valence-corrected chi connectivity index (χ0v) is 12.5. The third-order valence-corrected chi connectivity index (χ3v) is 3.75. The fraction of sp³-hybridized carbons (Fsp3) is 0.625. The molecule has 1 fully saturated rings. The van der Waals surface area contributed by atoms with Gasteiger partial charge in [0.2, 0.25) is 0 Å². The molecule has 1 aromatic rings. The molecule has 5 nitrogen and oxygen atoms in total. The van der Waals surface area contributed by atoms with Crippen LogP contribution in [-0.2, 0) is 9.47 Å². The summed E-state index contributed by atoms with van der Waals surface area (Å²) in [7, 11) is 0. The Bertz CT molecular complexity index is 460. The summed E-state index contributed by atoms with van der Waals surface area (Å²) in [4.78, 5) is 0. The van der Waals surface area contributed by atoms with E-state index >= 15 is 0 Å². The monoisotopic (exact) mass is 293 g/mol. The minimum Gasteiger partial charge on any atom is -0.486 e. The number of fused-ring (bicyclic) bond motifs is 1. The van der Waals surface area contributed by atoms with Gasteiger partial charge in [-0.15, -0.1) is 0 Å². The van der Waals surface area contributed by atoms with Crippen LogP contribution in [0.15, 0.2) is 18.2 Å². The molecular formula is C16H23NO4. The van der Waals surface area contributed by atoms with Crippen LogP contribution in [0.3, 0.4) is 0 Å². The van der Waals surface area contributed by atoms with E-state index in [1.165, 1.54) is 0 Å². The standard InChI is InChI=1S/C16H23NO4/c1-2-5-17-16(15-11-18-6-7-21-15)12-3-4-13-14(10-12)20-9-8-19-13/h3-4,10,15-17H,2,5-9,11H2,1H3. The number of benzene rings is 1. The minimum absolute atomic E-state index is 0.0351. The smallest absolute Gasteiger partial charge is 0.161 e. The summed E-state index contributed by atoms with van der Waals surface area (Å²) in [6.07, 6.45) is 1.11. The summed E-state index contributed by atoms with van der Waals surface area (Å²) in [5.41, 5.74) is 1.16. The Kier molecular flexibility index (Phi) is 4.95. The molecule has 2 aliphatic heterocycles. The predicted molar refractivity (Wildman–Crippen MR) is 79.0 cm³/mol. The fourth-order valence-corrected chi connectivity index (χ4v) is 2.72. The molecule has 116 valence electrons. The first-order valence-electron chi connectivity index (χ1n) is 7.70. The first kappa shape index (κ1) is 14.6. The van der Waals surface area contributed by atoms with Crippen LogP contribution >= 0.6 is 0 Å². The van der Waals surface area contributed by atoms with Crippen LogP contribution in [0.1, 0.15) is 24.9 Å². The fourth-order valence-electron chi connectivity index (χ4n) is 2.72. The maximum atomic E-state index is 5.88. The zero-order valence-electron chi connectivity index (χ0n) is 12.5. The molecule has 0 bridgehead atoms. The Morgan fingerprint density at radius 3 is 2.76 bits per heavy atom. The highest BCUT2D eigenvalue weighted by atomic mass is 16.6. The van der Waals surface area contributed by atoms with Gasteiger partial charge in [-0.2, -0.15) is 0 Å². The average Bonchev–Trinajstić information content (AvgIpc) is 2.56. The molecule has 1 saturated heterocycles. The van der Waals surface area contributed by atoms with Gasteiger partial charge in [0.05, 0.1) is 25.9 Å². The Labute approximate surface area is 125 Å². The predicted octanol–water partition coefficient (Wildman–Crippen LogP) is 1.91. The van der Waals surface area contributed by atoms with Crippen molar-refractivity contribution in [2.45, 2.75) is 25.5 Å². The van der Waals surface area contributed by atoms with Crippen molar-refractivity contribution in [1.29, 1.82) is 0 Å². The van der Waals surface area contributed by atoms with Crippen molar-refractivity contribution < 1.29 is 18.9 Å². The second-order valence-electron chi connectivity index (χ2n) is 5.32. The summed E-state index contributed by atoms with van der Waals surface area (Å²) < 4.78 is 22.7. The van der Waals surface area contributed by atoms with Crippen LogP contribution in [0.25, 0.3) is 0 Å². The van der Waals surface area contributed by atoms with Crippen molar-refractivity contribution in [3.63, 3.8) is 0 Å². The van der Waals surface area contributed by atoms with Gasteiger partial charge in [0.15, 0.2) is 11.5 Å². The van der Waals surface area contributed by atoms with Gasteiger partial charge in [0.1, 0.15) is 19.3 Å². The maximum absolute atomic E-state index is 5.88. The summed E-state index contributed by atoms with van der Waals surface area (Å²) >= 11 is 0. The second-order valence-corrected chi connectivity index (χ2v) is 5.32. The Morgan fingerprint density at radius 2 is 2.00 bits per heavy atom. The zero-order chi connectivity index (χ0) is 14.5. The molecular weight excluding hydrogens is 270 g/mol. The van der Waals surface area contributed by atoms with Gasteiger partial charge in [0, 0.05) is 0 Å². The van der Waals surface area contributed by atoms with Crippen LogP contribution < -0.4 is 14.8 Å². The Morgan fingerprint density at radius 1 is 1.14 bits per heavy atom. The molecule has 2 unspecified atom stereocenters. The van der Waals surface area contributed by atoms with E-state index in [4.69, 9.17) is 18.9 Å². The lowest BCUT2D eigenvalue weighted by atomic mass is 10.00. The van der Waals surface area contributed by atoms with Crippen molar-refractivity contribution in [3.05, 3.63) is 23.8 Å². The second kappa shape index (κ2) is 7.11. The molecule has 0 aromatic heterocycles. The van der Waals surface area contributed by atoms with E-state index < -0.39 is 0 Å². The van der Waals surface area contributed by atoms with E-state index in [-0.39, 0.29) is 12.1 Å². The quantitative estimate of drug-likeness (QED) is 0.899. The molecule has 1 N–H and O–H groups in total. The number of nitrogens with one attached hydrogen (secondary N) is 1. The third kappa shape index (κ3) is 3.48. The van der Waals surface area contributed by atoms with Crippen molar-refractivity contribution in [3.8, 4) is 11.5 Å². The van der Waals surface area contributed by atoms with Gasteiger partial charge in [-0.05, 0) is 30.7 Å². The highest BCUT2D eigenvalue weighted by Gasteiger charge is 2.27. The van der Waals surface area contributed by atoms with Crippen LogP contribution in [0.2, 0.25) is 0 Å². The molecule has 0 spiro atoms. The Balaban J connectivity index is 1.80. The topological polar surface area (TPSA) is 49.0 Å². The van der Waals surface area contributed by atoms with Gasteiger partial charge in [-0.3, -0.25) is 0 Å². The number of hydrogen-bond acceptors (Lipinski definition) is 5. The lowest BCUT2D eigenvalue weighted by Crippen LogP contribution is -2.40. The number of ether oxygens (including phenoxy) is 4. The van der Waals surface area contributed by atoms with Crippen LogP contribution in [0, 0.1) is 0 Å². The number of rotatable bonds is 5. The summed E-state index contributed by atoms with van der Waals surface area (Å²) in [5.74, 6) is 1.64. The van der Waals surface area contributed by atoms with E-state index in [9.17, 15) is 0 Å². The SMILES string of the molecule is CCCNC(c1ccc2c(c1)OCCO2)C1COCCO1. The van der Waals surface area contributed by atoms with Crippen LogP contribution in [-0.4, -0.2) is 45.7 Å². The van der Waals surface area contributed by atoms with E-state index in [2.05, 4.69) is 24.4 Å². The van der Waals surface area contributed by atoms with Gasteiger partial charge < -0.3 is 24.3 Å². The Hall–Kier alpha value is -1.30. The molecule has 0 aliphatic carbocycles. The molecule has 2 heterocycles. The van der Waals surface area contributed by atoms with Crippen molar-refractivity contribution in [2.24, 2.45) is 0 Å². The first-order chi connectivity index (χ1) is 10.4. The first-order valence-corrected chi connectivity index (χ1v) is 7.70. The van der Waals surface area contributed by atoms with E-state index in [1.54, 1.807) is 0 Å². The van der Waals surface area contributed by atoms with Crippen LogP contribution in [0.5, 0.6) is 11.5 Å². The summed E-state index contributed by atoms with van der Waals surface area (Å²) in [6.45, 7) is 6.27. The van der Waals surface area contributed by atoms with E-state index in [0.717, 1.165) is 30.0 Å². The molecule has 2 aliphatic rings. The lowest BCUT2D eigenvalue weighted by molar-refractivity contribution is -0.102. The van der Waals surface area contributed by atoms with Crippen molar-refractivity contribution >= 4 is 0 Å². The van der Waals surface area contributed by atoms with Gasteiger partial charge >= 0.3 is 0 Å². The third-order valence-electron chi connectivity index (χ3n) is 3.75. The van der Waals surface area contributed by atoms with Crippen molar-refractivity contribution in [1.82, 2.24) is 5.32 Å². The average molecular weight is 293 g/mol.